The molecule has 7 heteroatoms. The van der Waals surface area contributed by atoms with Gasteiger partial charge in [0.15, 0.2) is 17.5 Å². The molecule has 0 fully saturated rings. The molecule has 0 saturated heterocycles. The van der Waals surface area contributed by atoms with Crippen molar-refractivity contribution >= 4 is 17.3 Å². The van der Waals surface area contributed by atoms with Crippen LogP contribution < -0.4 is 14.8 Å². The summed E-state index contributed by atoms with van der Waals surface area (Å²) in [7, 11) is 2.06. The van der Waals surface area contributed by atoms with Crippen molar-refractivity contribution in [3.63, 3.8) is 0 Å². The Morgan fingerprint density at radius 3 is 2.74 bits per heavy atom. The lowest BCUT2D eigenvalue weighted by Gasteiger charge is -2.24. The number of fused-ring (bicyclic) bond motifs is 1. The molecule has 1 N–H and O–H groups in total. The molecule has 1 aromatic carbocycles. The molecule has 0 unspecified atom stereocenters. The smallest absolute Gasteiger partial charge is 0.193 e. The summed E-state index contributed by atoms with van der Waals surface area (Å²) in [6, 6.07) is 6.12. The molecule has 0 amide bonds. The molecule has 0 radical (unpaired) electrons. The highest BCUT2D eigenvalue weighted by Crippen LogP contribution is 2.31. The molecule has 146 valence electrons. The van der Waals surface area contributed by atoms with Gasteiger partial charge in [-0.3, -0.25) is 4.99 Å². The van der Waals surface area contributed by atoms with Crippen LogP contribution in [0.5, 0.6) is 11.5 Å². The Bertz CT molecular complexity index is 803. The average molecular weight is 389 g/mol. The minimum atomic E-state index is 0.604. The van der Waals surface area contributed by atoms with Crippen LogP contribution in [0.2, 0.25) is 0 Å². The van der Waals surface area contributed by atoms with Crippen molar-refractivity contribution < 1.29 is 9.47 Å². The fourth-order valence-corrected chi connectivity index (χ4v) is 4.00. The predicted molar refractivity (Wildman–Crippen MR) is 110 cm³/mol. The Morgan fingerprint density at radius 2 is 2.04 bits per heavy atom. The van der Waals surface area contributed by atoms with E-state index in [4.69, 9.17) is 14.5 Å². The van der Waals surface area contributed by atoms with Crippen molar-refractivity contribution in [2.24, 2.45) is 4.99 Å². The van der Waals surface area contributed by atoms with E-state index in [1.54, 1.807) is 11.3 Å². The maximum Gasteiger partial charge on any atom is 0.193 e. The summed E-state index contributed by atoms with van der Waals surface area (Å²) in [5.74, 6) is 2.56. The van der Waals surface area contributed by atoms with E-state index in [-0.39, 0.29) is 0 Å². The standard InChI is InChI=1S/C20H28N4O2S/c1-5-21-20(22-9-8-19-14(2)23-15(3)27-19)24(4)13-16-6-7-17-18(12-16)26-11-10-25-17/h6-7,12H,5,8-11,13H2,1-4H3,(H,21,22). The Labute approximate surface area is 165 Å². The average Bonchev–Trinajstić information content (AvgIpc) is 2.98. The van der Waals surface area contributed by atoms with Crippen molar-refractivity contribution in [3.8, 4) is 11.5 Å². The first-order valence-electron chi connectivity index (χ1n) is 9.37. The van der Waals surface area contributed by atoms with Gasteiger partial charge in [0.25, 0.3) is 0 Å². The molecule has 1 aliphatic heterocycles. The second-order valence-electron chi connectivity index (χ2n) is 6.56. The van der Waals surface area contributed by atoms with Gasteiger partial charge in [-0.25, -0.2) is 4.98 Å². The van der Waals surface area contributed by atoms with E-state index in [9.17, 15) is 0 Å². The Morgan fingerprint density at radius 1 is 1.26 bits per heavy atom. The van der Waals surface area contributed by atoms with Crippen LogP contribution in [0.3, 0.4) is 0 Å². The lowest BCUT2D eigenvalue weighted by molar-refractivity contribution is 0.171. The summed E-state index contributed by atoms with van der Waals surface area (Å²) in [4.78, 5) is 12.7. The highest BCUT2D eigenvalue weighted by Gasteiger charge is 2.13. The summed E-state index contributed by atoms with van der Waals surface area (Å²) >= 11 is 1.76. The molecule has 0 saturated carbocycles. The van der Waals surface area contributed by atoms with E-state index >= 15 is 0 Å². The summed E-state index contributed by atoms with van der Waals surface area (Å²) in [6.07, 6.45) is 0.921. The van der Waals surface area contributed by atoms with Crippen molar-refractivity contribution in [2.75, 3.05) is 33.4 Å². The number of aliphatic imine (C=N–C) groups is 1. The molecule has 1 aliphatic rings. The van der Waals surface area contributed by atoms with Gasteiger partial charge in [0.05, 0.1) is 10.7 Å². The quantitative estimate of drug-likeness (QED) is 0.608. The van der Waals surface area contributed by atoms with Gasteiger partial charge >= 0.3 is 0 Å². The van der Waals surface area contributed by atoms with Crippen molar-refractivity contribution in [2.45, 2.75) is 33.7 Å². The van der Waals surface area contributed by atoms with Crippen LogP contribution >= 0.6 is 11.3 Å². The number of ether oxygens (including phenoxy) is 2. The lowest BCUT2D eigenvalue weighted by Crippen LogP contribution is -2.38. The fourth-order valence-electron chi connectivity index (χ4n) is 3.07. The molecule has 1 aromatic heterocycles. The number of guanidine groups is 1. The zero-order chi connectivity index (χ0) is 19.2. The van der Waals surface area contributed by atoms with Gasteiger partial charge in [-0.05, 0) is 38.5 Å². The number of nitrogens with zero attached hydrogens (tertiary/aromatic N) is 3. The number of hydrogen-bond donors (Lipinski definition) is 1. The maximum absolute atomic E-state index is 5.69. The SMILES string of the molecule is CCNC(=NCCc1sc(C)nc1C)N(C)Cc1ccc2c(c1)OCCO2. The van der Waals surface area contributed by atoms with E-state index in [1.807, 2.05) is 6.07 Å². The number of aromatic nitrogens is 1. The van der Waals surface area contributed by atoms with Gasteiger partial charge in [0, 0.05) is 38.0 Å². The molecule has 2 aromatic rings. The number of hydrogen-bond acceptors (Lipinski definition) is 5. The van der Waals surface area contributed by atoms with Crippen LogP contribution in [0.15, 0.2) is 23.2 Å². The second-order valence-corrected chi connectivity index (χ2v) is 7.85. The van der Waals surface area contributed by atoms with Gasteiger partial charge in [-0.2, -0.15) is 0 Å². The van der Waals surface area contributed by atoms with Gasteiger partial charge < -0.3 is 19.7 Å². The van der Waals surface area contributed by atoms with Crippen LogP contribution in [0.1, 0.15) is 28.1 Å². The number of benzene rings is 1. The summed E-state index contributed by atoms with van der Waals surface area (Å²) < 4.78 is 11.3. The first-order chi connectivity index (χ1) is 13.1. The molecule has 0 atom stereocenters. The zero-order valence-electron chi connectivity index (χ0n) is 16.5. The number of rotatable bonds is 6. The first-order valence-corrected chi connectivity index (χ1v) is 10.2. The third kappa shape index (κ3) is 5.13. The van der Waals surface area contributed by atoms with Crippen LogP contribution in [-0.4, -0.2) is 49.2 Å². The van der Waals surface area contributed by atoms with Crippen LogP contribution in [0.25, 0.3) is 0 Å². The fraction of sp³-hybridized carbons (Fsp3) is 0.500. The summed E-state index contributed by atoms with van der Waals surface area (Å²) in [6.45, 7) is 9.76. The summed E-state index contributed by atoms with van der Waals surface area (Å²) in [5.41, 5.74) is 2.30. The van der Waals surface area contributed by atoms with E-state index in [0.29, 0.717) is 13.2 Å². The van der Waals surface area contributed by atoms with Crippen molar-refractivity contribution in [3.05, 3.63) is 39.3 Å². The Kier molecular flexibility index (Phi) is 6.55. The van der Waals surface area contributed by atoms with E-state index in [0.717, 1.165) is 54.2 Å². The topological polar surface area (TPSA) is 59.0 Å². The molecular weight excluding hydrogens is 360 g/mol. The molecule has 3 rings (SSSR count). The van der Waals surface area contributed by atoms with E-state index < -0.39 is 0 Å². The first kappa shape index (κ1) is 19.5. The van der Waals surface area contributed by atoms with Crippen molar-refractivity contribution in [1.82, 2.24) is 15.2 Å². The minimum Gasteiger partial charge on any atom is -0.486 e. The van der Waals surface area contributed by atoms with Crippen LogP contribution in [0.4, 0.5) is 0 Å². The normalized spacial score (nSPS) is 13.6. The van der Waals surface area contributed by atoms with Gasteiger partial charge in [-0.15, -0.1) is 11.3 Å². The largest absolute Gasteiger partial charge is 0.486 e. The lowest BCUT2D eigenvalue weighted by atomic mass is 10.2. The molecule has 0 bridgehead atoms. The highest BCUT2D eigenvalue weighted by atomic mass is 32.1. The predicted octanol–water partition coefficient (Wildman–Crippen LogP) is 3.17. The molecular formula is C20H28N4O2S. The Hall–Kier alpha value is -2.28. The molecule has 27 heavy (non-hydrogen) atoms. The monoisotopic (exact) mass is 388 g/mol. The van der Waals surface area contributed by atoms with Gasteiger partial charge in [-0.1, -0.05) is 6.07 Å². The third-order valence-electron chi connectivity index (χ3n) is 4.32. The van der Waals surface area contributed by atoms with E-state index in [1.165, 1.54) is 10.4 Å². The molecule has 6 nitrogen and oxygen atoms in total. The summed E-state index contributed by atoms with van der Waals surface area (Å²) in [5, 5.41) is 4.50. The van der Waals surface area contributed by atoms with Crippen LogP contribution in [0, 0.1) is 13.8 Å². The van der Waals surface area contributed by atoms with Gasteiger partial charge in [0.1, 0.15) is 13.2 Å². The number of thiazole rings is 1. The number of aryl methyl sites for hydroxylation is 2. The minimum absolute atomic E-state index is 0.604. The molecule has 0 aliphatic carbocycles. The van der Waals surface area contributed by atoms with Crippen molar-refractivity contribution in [1.29, 1.82) is 0 Å². The maximum atomic E-state index is 5.69. The second kappa shape index (κ2) is 9.08. The highest BCUT2D eigenvalue weighted by molar-refractivity contribution is 7.11. The zero-order valence-corrected chi connectivity index (χ0v) is 17.4. The van der Waals surface area contributed by atoms with Crippen LogP contribution in [-0.2, 0) is 13.0 Å². The molecule has 2 heterocycles. The van der Waals surface area contributed by atoms with E-state index in [2.05, 4.69) is 55.2 Å². The van der Waals surface area contributed by atoms with Gasteiger partial charge in [0.2, 0.25) is 0 Å². The number of nitrogens with one attached hydrogen (secondary N) is 1. The molecule has 0 spiro atoms. The third-order valence-corrected chi connectivity index (χ3v) is 5.46. The Balaban J connectivity index is 1.63.